The number of aromatic nitrogens is 2. The van der Waals surface area contributed by atoms with Crippen LogP contribution < -0.4 is 4.74 Å². The topological polar surface area (TPSA) is 45.5 Å². The predicted molar refractivity (Wildman–Crippen MR) is 78.2 cm³/mol. The van der Waals surface area contributed by atoms with Crippen molar-refractivity contribution in [3.05, 3.63) is 48.5 Å². The zero-order valence-corrected chi connectivity index (χ0v) is 12.2. The van der Waals surface area contributed by atoms with E-state index in [0.29, 0.717) is 13.2 Å². The van der Waals surface area contributed by atoms with Crippen LogP contribution in [0.3, 0.4) is 0 Å². The first-order valence-electron chi connectivity index (χ1n) is 7.16. The van der Waals surface area contributed by atoms with Crippen LogP contribution in [0.1, 0.15) is 12.0 Å². The lowest BCUT2D eigenvalue weighted by atomic mass is 10.0. The molecule has 0 radical (unpaired) electrons. The van der Waals surface area contributed by atoms with Gasteiger partial charge in [-0.3, -0.25) is 0 Å². The Morgan fingerprint density at radius 1 is 1.24 bits per heavy atom. The molecular formula is C16H20N2O3. The summed E-state index contributed by atoms with van der Waals surface area (Å²) in [6.07, 6.45) is 7.10. The fourth-order valence-electron chi connectivity index (χ4n) is 2.60. The summed E-state index contributed by atoms with van der Waals surface area (Å²) in [6.45, 7) is 2.14. The van der Waals surface area contributed by atoms with Crippen LogP contribution in [0.15, 0.2) is 43.0 Å². The van der Waals surface area contributed by atoms with E-state index in [1.54, 1.807) is 13.3 Å². The summed E-state index contributed by atoms with van der Waals surface area (Å²) >= 11 is 0. The van der Waals surface area contributed by atoms with Gasteiger partial charge in [0.2, 0.25) is 0 Å². The van der Waals surface area contributed by atoms with Gasteiger partial charge in [0.25, 0.3) is 0 Å². The molecule has 1 saturated heterocycles. The third-order valence-electron chi connectivity index (χ3n) is 3.76. The van der Waals surface area contributed by atoms with Crippen molar-refractivity contribution < 1.29 is 14.2 Å². The molecule has 2 aromatic rings. The van der Waals surface area contributed by atoms with E-state index in [0.717, 1.165) is 25.1 Å². The molecule has 1 aliphatic heterocycles. The van der Waals surface area contributed by atoms with Gasteiger partial charge in [-0.25, -0.2) is 4.98 Å². The molecule has 0 amide bonds. The minimum Gasteiger partial charge on any atom is -0.497 e. The van der Waals surface area contributed by atoms with Gasteiger partial charge < -0.3 is 18.8 Å². The molecule has 1 aromatic heterocycles. The fourth-order valence-corrected chi connectivity index (χ4v) is 2.60. The van der Waals surface area contributed by atoms with Gasteiger partial charge in [-0.15, -0.1) is 0 Å². The number of ether oxygens (including phenoxy) is 3. The van der Waals surface area contributed by atoms with Gasteiger partial charge in [-0.1, -0.05) is 12.1 Å². The van der Waals surface area contributed by atoms with E-state index in [2.05, 4.69) is 17.1 Å². The lowest BCUT2D eigenvalue weighted by Gasteiger charge is -2.27. The highest BCUT2D eigenvalue weighted by Gasteiger charge is 2.36. The first-order valence-corrected chi connectivity index (χ1v) is 7.16. The van der Waals surface area contributed by atoms with Gasteiger partial charge >= 0.3 is 0 Å². The van der Waals surface area contributed by atoms with Crippen molar-refractivity contribution in [2.45, 2.75) is 25.2 Å². The number of imidazole rings is 1. The highest BCUT2D eigenvalue weighted by atomic mass is 16.7. The maximum absolute atomic E-state index is 5.91. The quantitative estimate of drug-likeness (QED) is 0.818. The summed E-state index contributed by atoms with van der Waals surface area (Å²) in [5.74, 6) is 0.332. The van der Waals surface area contributed by atoms with Crippen LogP contribution in [-0.2, 0) is 22.4 Å². The third-order valence-corrected chi connectivity index (χ3v) is 3.76. The van der Waals surface area contributed by atoms with E-state index in [1.165, 1.54) is 5.56 Å². The van der Waals surface area contributed by atoms with Crippen LogP contribution in [0.2, 0.25) is 0 Å². The number of hydrogen-bond donors (Lipinski definition) is 0. The molecule has 0 aliphatic carbocycles. The summed E-state index contributed by atoms with van der Waals surface area (Å²) < 4.78 is 19.1. The van der Waals surface area contributed by atoms with Gasteiger partial charge in [0, 0.05) is 31.8 Å². The van der Waals surface area contributed by atoms with Crippen LogP contribution in [0.5, 0.6) is 5.75 Å². The lowest BCUT2D eigenvalue weighted by Crippen LogP contribution is -2.34. The molecular weight excluding hydrogens is 268 g/mol. The Balaban J connectivity index is 1.67. The summed E-state index contributed by atoms with van der Waals surface area (Å²) in [4.78, 5) is 4.06. The molecule has 112 valence electrons. The number of benzene rings is 1. The van der Waals surface area contributed by atoms with E-state index < -0.39 is 5.79 Å². The molecule has 0 spiro atoms. The molecule has 0 bridgehead atoms. The van der Waals surface area contributed by atoms with Gasteiger partial charge in [-0.2, -0.15) is 0 Å². The van der Waals surface area contributed by atoms with Crippen LogP contribution >= 0.6 is 0 Å². The molecule has 5 nitrogen and oxygen atoms in total. The minimum atomic E-state index is -0.529. The van der Waals surface area contributed by atoms with Gasteiger partial charge in [0.15, 0.2) is 5.79 Å². The van der Waals surface area contributed by atoms with Gasteiger partial charge in [0.1, 0.15) is 5.75 Å². The van der Waals surface area contributed by atoms with Crippen LogP contribution in [0.4, 0.5) is 0 Å². The summed E-state index contributed by atoms with van der Waals surface area (Å²) in [6, 6.07) is 8.05. The lowest BCUT2D eigenvalue weighted by molar-refractivity contribution is -0.162. The highest BCUT2D eigenvalue weighted by molar-refractivity contribution is 5.27. The van der Waals surface area contributed by atoms with Crippen LogP contribution in [-0.4, -0.2) is 35.7 Å². The number of methoxy groups -OCH3 is 1. The molecule has 21 heavy (non-hydrogen) atoms. The molecule has 0 saturated carbocycles. The average Bonchev–Trinajstić information content (AvgIpc) is 3.18. The van der Waals surface area contributed by atoms with Crippen molar-refractivity contribution in [3.8, 4) is 5.75 Å². The van der Waals surface area contributed by atoms with Crippen molar-refractivity contribution >= 4 is 0 Å². The molecule has 0 atom stereocenters. The monoisotopic (exact) mass is 288 g/mol. The van der Waals surface area contributed by atoms with Gasteiger partial charge in [-0.05, 0) is 17.7 Å². The molecule has 0 N–H and O–H groups in total. The summed E-state index contributed by atoms with van der Waals surface area (Å²) in [7, 11) is 1.67. The second-order valence-corrected chi connectivity index (χ2v) is 5.18. The first kappa shape index (κ1) is 14.1. The molecule has 1 fully saturated rings. The van der Waals surface area contributed by atoms with E-state index >= 15 is 0 Å². The Morgan fingerprint density at radius 3 is 2.62 bits per heavy atom. The van der Waals surface area contributed by atoms with Crippen molar-refractivity contribution in [2.24, 2.45) is 0 Å². The van der Waals surface area contributed by atoms with E-state index in [-0.39, 0.29) is 0 Å². The Bertz CT molecular complexity index is 545. The summed E-state index contributed by atoms with van der Waals surface area (Å²) in [5, 5.41) is 0. The largest absolute Gasteiger partial charge is 0.497 e. The zero-order valence-electron chi connectivity index (χ0n) is 12.2. The number of rotatable bonds is 6. The standard InChI is InChI=1S/C16H20N2O3/c1-19-15-4-2-14(3-5-15)12-16(20-10-11-21-16)6-8-18-9-7-17-13-18/h2-5,7,9,13H,6,8,10-12H2,1H3. The second kappa shape index (κ2) is 6.28. The zero-order chi connectivity index (χ0) is 14.5. The Hall–Kier alpha value is -1.85. The predicted octanol–water partition coefficient (Wildman–Crippen LogP) is 2.27. The second-order valence-electron chi connectivity index (χ2n) is 5.18. The Kier molecular flexibility index (Phi) is 4.22. The van der Waals surface area contributed by atoms with E-state index in [4.69, 9.17) is 14.2 Å². The van der Waals surface area contributed by atoms with Crippen molar-refractivity contribution in [2.75, 3.05) is 20.3 Å². The molecule has 3 rings (SSSR count). The average molecular weight is 288 g/mol. The highest BCUT2D eigenvalue weighted by Crippen LogP contribution is 2.29. The molecule has 0 unspecified atom stereocenters. The maximum atomic E-state index is 5.91. The molecule has 5 heteroatoms. The SMILES string of the molecule is COc1ccc(CC2(CCn3ccnc3)OCCO2)cc1. The Morgan fingerprint density at radius 2 is 2.00 bits per heavy atom. The van der Waals surface area contributed by atoms with E-state index in [9.17, 15) is 0 Å². The number of hydrogen-bond acceptors (Lipinski definition) is 4. The third kappa shape index (κ3) is 3.43. The number of aryl methyl sites for hydroxylation is 1. The van der Waals surface area contributed by atoms with Crippen LogP contribution in [0.25, 0.3) is 0 Å². The van der Waals surface area contributed by atoms with E-state index in [1.807, 2.05) is 29.2 Å². The summed E-state index contributed by atoms with van der Waals surface area (Å²) in [5.41, 5.74) is 1.18. The Labute approximate surface area is 124 Å². The normalized spacial score (nSPS) is 17.0. The molecule has 1 aliphatic rings. The molecule has 2 heterocycles. The molecule has 1 aromatic carbocycles. The number of nitrogens with zero attached hydrogens (tertiary/aromatic N) is 2. The first-order chi connectivity index (χ1) is 10.3. The van der Waals surface area contributed by atoms with Crippen LogP contribution in [0, 0.1) is 0 Å². The van der Waals surface area contributed by atoms with Gasteiger partial charge in [0.05, 0.1) is 26.7 Å². The van der Waals surface area contributed by atoms with Crippen molar-refractivity contribution in [1.82, 2.24) is 9.55 Å². The maximum Gasteiger partial charge on any atom is 0.174 e. The smallest absolute Gasteiger partial charge is 0.174 e. The van der Waals surface area contributed by atoms with Crippen molar-refractivity contribution in [1.29, 1.82) is 0 Å². The van der Waals surface area contributed by atoms with Crippen molar-refractivity contribution in [3.63, 3.8) is 0 Å². The minimum absolute atomic E-state index is 0.529. The fraction of sp³-hybridized carbons (Fsp3) is 0.438.